The quantitative estimate of drug-likeness (QED) is 0.489. The molecule has 0 atom stereocenters. The monoisotopic (exact) mass is 405 g/mol. The number of nitrogens with zero attached hydrogens (tertiary/aromatic N) is 3. The first-order chi connectivity index (χ1) is 14.6. The van der Waals surface area contributed by atoms with Crippen LogP contribution in [-0.4, -0.2) is 28.2 Å². The molecule has 0 bridgehead atoms. The van der Waals surface area contributed by atoms with Gasteiger partial charge in [0.2, 0.25) is 5.91 Å². The Morgan fingerprint density at radius 1 is 0.933 bits per heavy atom. The summed E-state index contributed by atoms with van der Waals surface area (Å²) in [6.07, 6.45) is 3.94. The molecule has 152 valence electrons. The maximum Gasteiger partial charge on any atom is 0.364 e. The van der Waals surface area contributed by atoms with E-state index in [0.29, 0.717) is 30.1 Å². The van der Waals surface area contributed by atoms with Gasteiger partial charge in [-0.05, 0) is 74.2 Å². The van der Waals surface area contributed by atoms with Crippen molar-refractivity contribution in [1.29, 1.82) is 0 Å². The summed E-state index contributed by atoms with van der Waals surface area (Å²) in [5, 5.41) is 4.49. The second kappa shape index (κ2) is 7.40. The normalized spacial score (nSPS) is 15.5. The van der Waals surface area contributed by atoms with Crippen LogP contribution in [-0.2, 0) is 17.6 Å². The lowest BCUT2D eigenvalue weighted by atomic mass is 10.2. The molecule has 2 heterocycles. The van der Waals surface area contributed by atoms with Crippen molar-refractivity contribution in [2.45, 2.75) is 32.1 Å². The molecule has 3 aromatic rings. The van der Waals surface area contributed by atoms with Gasteiger partial charge >= 0.3 is 5.97 Å². The van der Waals surface area contributed by atoms with Crippen molar-refractivity contribution < 1.29 is 18.7 Å². The molecule has 0 N–H and O–H groups in total. The highest BCUT2D eigenvalue weighted by Crippen LogP contribution is 2.29. The minimum Gasteiger partial charge on any atom is -0.422 e. The molecule has 6 nitrogen and oxygen atoms in total. The second-order valence-corrected chi connectivity index (χ2v) is 7.55. The molecule has 30 heavy (non-hydrogen) atoms. The number of rotatable bonds is 4. The highest BCUT2D eigenvalue weighted by atomic mass is 19.1. The van der Waals surface area contributed by atoms with Crippen molar-refractivity contribution in [2.24, 2.45) is 0 Å². The van der Waals surface area contributed by atoms with Crippen molar-refractivity contribution in [2.75, 3.05) is 11.4 Å². The number of benzene rings is 2. The molecule has 1 aliphatic carbocycles. The van der Waals surface area contributed by atoms with E-state index in [1.54, 1.807) is 46.0 Å². The van der Waals surface area contributed by atoms with Crippen LogP contribution in [0, 0.1) is 5.82 Å². The number of carbonyl (C=O) groups excluding carboxylic acids is 2. The summed E-state index contributed by atoms with van der Waals surface area (Å²) in [5.74, 6) is -0.319. The van der Waals surface area contributed by atoms with Gasteiger partial charge in [-0.1, -0.05) is 0 Å². The van der Waals surface area contributed by atoms with Crippen LogP contribution in [0.2, 0.25) is 0 Å². The van der Waals surface area contributed by atoms with E-state index in [9.17, 15) is 14.0 Å². The SMILES string of the molecule is O=C(Oc1ccc(N2CCCC2=O)cc1)c1nn(-c2ccc(F)cc2)c2c1CCC2. The van der Waals surface area contributed by atoms with E-state index in [4.69, 9.17) is 4.74 Å². The van der Waals surface area contributed by atoms with Gasteiger partial charge in [-0.2, -0.15) is 5.10 Å². The molecule has 0 saturated carbocycles. The van der Waals surface area contributed by atoms with Crippen molar-refractivity contribution in [3.8, 4) is 11.4 Å². The Kier molecular flexibility index (Phi) is 4.58. The van der Waals surface area contributed by atoms with Crippen molar-refractivity contribution in [1.82, 2.24) is 9.78 Å². The number of halogens is 1. The molecule has 2 aromatic carbocycles. The van der Waals surface area contributed by atoms with Gasteiger partial charge in [0, 0.05) is 29.9 Å². The number of ether oxygens (including phenoxy) is 1. The molecule has 2 aliphatic rings. The van der Waals surface area contributed by atoms with Crippen molar-refractivity contribution >= 4 is 17.6 Å². The zero-order valence-corrected chi connectivity index (χ0v) is 16.3. The first-order valence-corrected chi connectivity index (χ1v) is 10.1. The lowest BCUT2D eigenvalue weighted by Gasteiger charge is -2.15. The van der Waals surface area contributed by atoms with Gasteiger partial charge in [0.25, 0.3) is 0 Å². The standard InChI is InChI=1S/C23H20FN3O3/c24-15-6-8-17(9-7-15)27-20-4-1-3-19(20)22(25-27)23(29)30-18-12-10-16(11-13-18)26-14-2-5-21(26)28/h6-13H,1-5,14H2. The molecule has 1 aromatic heterocycles. The van der Waals surface area contributed by atoms with Crippen LogP contribution >= 0.6 is 0 Å². The molecule has 1 saturated heterocycles. The highest BCUT2D eigenvalue weighted by molar-refractivity contribution is 5.95. The summed E-state index contributed by atoms with van der Waals surface area (Å²) in [6, 6.07) is 13.0. The zero-order chi connectivity index (χ0) is 20.7. The Hall–Kier alpha value is -3.48. The summed E-state index contributed by atoms with van der Waals surface area (Å²) in [5.41, 5.74) is 3.68. The molecular weight excluding hydrogens is 385 g/mol. The van der Waals surface area contributed by atoms with Gasteiger partial charge in [0.1, 0.15) is 11.6 Å². The Balaban J connectivity index is 1.38. The molecule has 0 unspecified atom stereocenters. The highest BCUT2D eigenvalue weighted by Gasteiger charge is 2.28. The molecule has 0 spiro atoms. The minimum absolute atomic E-state index is 0.113. The average molecular weight is 405 g/mol. The number of aromatic nitrogens is 2. The van der Waals surface area contributed by atoms with Crippen LogP contribution in [0.3, 0.4) is 0 Å². The van der Waals surface area contributed by atoms with E-state index in [2.05, 4.69) is 5.10 Å². The van der Waals surface area contributed by atoms with Crippen LogP contribution in [0.1, 0.15) is 41.0 Å². The van der Waals surface area contributed by atoms with E-state index in [1.165, 1.54) is 12.1 Å². The number of hydrogen-bond donors (Lipinski definition) is 0. The summed E-state index contributed by atoms with van der Waals surface area (Å²) < 4.78 is 20.5. The number of hydrogen-bond acceptors (Lipinski definition) is 4. The molecule has 1 amide bonds. The van der Waals surface area contributed by atoms with Crippen LogP contribution in [0.4, 0.5) is 10.1 Å². The van der Waals surface area contributed by atoms with Crippen LogP contribution in [0.25, 0.3) is 5.69 Å². The number of amides is 1. The Morgan fingerprint density at radius 3 is 2.37 bits per heavy atom. The van der Waals surface area contributed by atoms with E-state index in [-0.39, 0.29) is 11.7 Å². The van der Waals surface area contributed by atoms with Gasteiger partial charge < -0.3 is 9.64 Å². The van der Waals surface area contributed by atoms with Gasteiger partial charge in [-0.15, -0.1) is 0 Å². The second-order valence-electron chi connectivity index (χ2n) is 7.55. The number of fused-ring (bicyclic) bond motifs is 1. The lowest BCUT2D eigenvalue weighted by Crippen LogP contribution is -2.23. The maximum absolute atomic E-state index is 13.3. The fraction of sp³-hybridized carbons (Fsp3) is 0.261. The first-order valence-electron chi connectivity index (χ1n) is 10.1. The maximum atomic E-state index is 13.3. The summed E-state index contributed by atoms with van der Waals surface area (Å²) in [4.78, 5) is 26.5. The van der Waals surface area contributed by atoms with Gasteiger partial charge in [0.15, 0.2) is 5.69 Å². The predicted octanol–water partition coefficient (Wildman–Crippen LogP) is 3.85. The lowest BCUT2D eigenvalue weighted by molar-refractivity contribution is -0.117. The van der Waals surface area contributed by atoms with Gasteiger partial charge in [-0.3, -0.25) is 4.79 Å². The molecule has 7 heteroatoms. The van der Waals surface area contributed by atoms with Gasteiger partial charge in [0.05, 0.1) is 5.69 Å². The third kappa shape index (κ3) is 3.26. The van der Waals surface area contributed by atoms with Crippen molar-refractivity contribution in [3.63, 3.8) is 0 Å². The van der Waals surface area contributed by atoms with E-state index in [1.807, 2.05) is 0 Å². The number of esters is 1. The number of carbonyl (C=O) groups is 2. The van der Waals surface area contributed by atoms with Crippen LogP contribution < -0.4 is 9.64 Å². The van der Waals surface area contributed by atoms with Crippen LogP contribution in [0.5, 0.6) is 5.75 Å². The molecule has 0 radical (unpaired) electrons. The zero-order valence-electron chi connectivity index (χ0n) is 16.3. The largest absolute Gasteiger partial charge is 0.422 e. The van der Waals surface area contributed by atoms with E-state index < -0.39 is 5.97 Å². The van der Waals surface area contributed by atoms with E-state index in [0.717, 1.165) is 42.6 Å². The summed E-state index contributed by atoms with van der Waals surface area (Å²) in [7, 11) is 0. The molecule has 1 fully saturated rings. The Morgan fingerprint density at radius 2 is 1.67 bits per heavy atom. The third-order valence-corrected chi connectivity index (χ3v) is 5.63. The first kappa shape index (κ1) is 18.5. The third-order valence-electron chi connectivity index (χ3n) is 5.63. The Bertz CT molecular complexity index is 1120. The number of anilines is 1. The van der Waals surface area contributed by atoms with Crippen molar-refractivity contribution in [3.05, 3.63) is 71.3 Å². The van der Waals surface area contributed by atoms with Gasteiger partial charge in [-0.25, -0.2) is 13.9 Å². The summed E-state index contributed by atoms with van der Waals surface area (Å²) >= 11 is 0. The topological polar surface area (TPSA) is 64.4 Å². The molecule has 1 aliphatic heterocycles. The predicted molar refractivity (Wildman–Crippen MR) is 109 cm³/mol. The smallest absolute Gasteiger partial charge is 0.364 e. The fourth-order valence-corrected chi connectivity index (χ4v) is 4.17. The average Bonchev–Trinajstić information content (AvgIpc) is 3.46. The molecule has 5 rings (SSSR count). The fourth-order valence-electron chi connectivity index (χ4n) is 4.17. The van der Waals surface area contributed by atoms with Crippen LogP contribution in [0.15, 0.2) is 48.5 Å². The Labute approximate surface area is 172 Å². The van der Waals surface area contributed by atoms with E-state index >= 15 is 0 Å². The summed E-state index contributed by atoms with van der Waals surface area (Å²) in [6.45, 7) is 0.713. The minimum atomic E-state index is -0.515. The molecular formula is C23H20FN3O3.